The zero-order chi connectivity index (χ0) is 14.9. The molecule has 2 aliphatic heterocycles. The van der Waals surface area contributed by atoms with E-state index in [-0.39, 0.29) is 18.7 Å². The molecule has 2 saturated heterocycles. The lowest BCUT2D eigenvalue weighted by atomic mass is 10.0. The number of ether oxygens (including phenoxy) is 1. The van der Waals surface area contributed by atoms with Gasteiger partial charge in [-0.05, 0) is 14.0 Å². The number of rotatable bonds is 2. The molecule has 3 unspecified atom stereocenters. The van der Waals surface area contributed by atoms with E-state index in [1.807, 2.05) is 7.05 Å². The van der Waals surface area contributed by atoms with E-state index in [2.05, 4.69) is 11.8 Å². The van der Waals surface area contributed by atoms with Gasteiger partial charge in [-0.3, -0.25) is 4.79 Å². The molecule has 0 bridgehead atoms. The van der Waals surface area contributed by atoms with E-state index >= 15 is 0 Å². The van der Waals surface area contributed by atoms with Gasteiger partial charge in [0, 0.05) is 32.7 Å². The van der Waals surface area contributed by atoms with Crippen molar-refractivity contribution in [1.82, 2.24) is 14.7 Å². The number of carbonyl (C=O) groups excluding carboxylic acids is 1. The molecule has 2 aliphatic rings. The molecular formula is C13H23N3O4. The van der Waals surface area contributed by atoms with E-state index in [1.54, 1.807) is 11.9 Å². The summed E-state index contributed by atoms with van der Waals surface area (Å²) in [6.07, 6.45) is 0. The Kier molecular flexibility index (Phi) is 4.49. The second kappa shape index (κ2) is 5.97. The molecule has 2 amide bonds. The summed E-state index contributed by atoms with van der Waals surface area (Å²) in [5, 5.41) is 9.16. The normalized spacial score (nSPS) is 31.4. The van der Waals surface area contributed by atoms with E-state index in [9.17, 15) is 9.59 Å². The first-order chi connectivity index (χ1) is 9.41. The maximum absolute atomic E-state index is 12.5. The molecule has 7 heteroatoms. The van der Waals surface area contributed by atoms with Gasteiger partial charge in [0.1, 0.15) is 5.92 Å². The van der Waals surface area contributed by atoms with E-state index in [0.717, 1.165) is 6.54 Å². The topological polar surface area (TPSA) is 73.3 Å². The average Bonchev–Trinajstić information content (AvgIpc) is 2.89. The van der Waals surface area contributed by atoms with Crippen molar-refractivity contribution in [2.45, 2.75) is 19.0 Å². The number of urea groups is 1. The summed E-state index contributed by atoms with van der Waals surface area (Å²) in [6, 6.07) is -0.169. The third kappa shape index (κ3) is 2.88. The Morgan fingerprint density at radius 1 is 1.30 bits per heavy atom. The lowest BCUT2D eigenvalue weighted by molar-refractivity contribution is -0.142. The van der Waals surface area contributed by atoms with Crippen molar-refractivity contribution in [2.24, 2.45) is 5.92 Å². The highest BCUT2D eigenvalue weighted by atomic mass is 16.5. The number of piperazine rings is 1. The van der Waals surface area contributed by atoms with Crippen molar-refractivity contribution in [3.8, 4) is 0 Å². The number of amides is 2. The predicted molar refractivity (Wildman–Crippen MR) is 72.6 cm³/mol. The van der Waals surface area contributed by atoms with Gasteiger partial charge in [0.05, 0.1) is 19.3 Å². The van der Waals surface area contributed by atoms with Crippen LogP contribution in [0.3, 0.4) is 0 Å². The minimum Gasteiger partial charge on any atom is -0.481 e. The summed E-state index contributed by atoms with van der Waals surface area (Å²) in [6.45, 7) is 4.74. The fourth-order valence-corrected chi connectivity index (χ4v) is 2.75. The molecule has 0 saturated carbocycles. The lowest BCUT2D eigenvalue weighted by Gasteiger charge is -2.40. The fraction of sp³-hybridized carbons (Fsp3) is 0.846. The molecule has 114 valence electrons. The molecule has 1 N–H and O–H groups in total. The molecule has 3 atom stereocenters. The highest BCUT2D eigenvalue weighted by Crippen LogP contribution is 2.21. The zero-order valence-electron chi connectivity index (χ0n) is 12.3. The Morgan fingerprint density at radius 2 is 2.00 bits per heavy atom. The standard InChI is InChI=1S/C13H23N3O4/c1-9-6-16(5-4-14(9)2)13(19)15(3)11-8-20-7-10(11)12(17)18/h9-11H,4-8H2,1-3H3,(H,17,18). The quantitative estimate of drug-likeness (QED) is 0.759. The summed E-state index contributed by atoms with van der Waals surface area (Å²) >= 11 is 0. The van der Waals surface area contributed by atoms with Crippen molar-refractivity contribution in [2.75, 3.05) is 46.9 Å². The molecule has 2 heterocycles. The molecular weight excluding hydrogens is 262 g/mol. The van der Waals surface area contributed by atoms with Gasteiger partial charge >= 0.3 is 12.0 Å². The van der Waals surface area contributed by atoms with Crippen molar-refractivity contribution >= 4 is 12.0 Å². The Balaban J connectivity index is 2.00. The number of hydrogen-bond acceptors (Lipinski definition) is 4. The third-order valence-electron chi connectivity index (χ3n) is 4.40. The number of likely N-dealkylation sites (N-methyl/N-ethyl adjacent to an activating group) is 2. The smallest absolute Gasteiger partial charge is 0.320 e. The van der Waals surface area contributed by atoms with Gasteiger partial charge in [0.2, 0.25) is 0 Å². The Labute approximate surface area is 119 Å². The molecule has 20 heavy (non-hydrogen) atoms. The van der Waals surface area contributed by atoms with Crippen LogP contribution >= 0.6 is 0 Å². The Hall–Kier alpha value is -1.34. The van der Waals surface area contributed by atoms with Crippen LogP contribution in [0.5, 0.6) is 0 Å². The molecule has 0 aromatic heterocycles. The molecule has 2 rings (SSSR count). The van der Waals surface area contributed by atoms with Gasteiger partial charge in [0.25, 0.3) is 0 Å². The lowest BCUT2D eigenvalue weighted by Crippen LogP contribution is -2.57. The summed E-state index contributed by atoms with van der Waals surface area (Å²) in [7, 11) is 3.71. The highest BCUT2D eigenvalue weighted by Gasteiger charge is 2.40. The first kappa shape index (κ1) is 15.1. The van der Waals surface area contributed by atoms with Gasteiger partial charge in [-0.15, -0.1) is 0 Å². The first-order valence-corrected chi connectivity index (χ1v) is 6.94. The fourth-order valence-electron chi connectivity index (χ4n) is 2.75. The Morgan fingerprint density at radius 3 is 2.60 bits per heavy atom. The van der Waals surface area contributed by atoms with Crippen molar-refractivity contribution in [1.29, 1.82) is 0 Å². The maximum Gasteiger partial charge on any atom is 0.320 e. The minimum atomic E-state index is -0.904. The highest BCUT2D eigenvalue weighted by molar-refractivity contribution is 5.77. The number of carboxylic acids is 1. The minimum absolute atomic E-state index is 0.105. The van der Waals surface area contributed by atoms with Gasteiger partial charge in [-0.2, -0.15) is 0 Å². The van der Waals surface area contributed by atoms with E-state index in [4.69, 9.17) is 9.84 Å². The van der Waals surface area contributed by atoms with Crippen LogP contribution in [-0.2, 0) is 9.53 Å². The number of hydrogen-bond donors (Lipinski definition) is 1. The van der Waals surface area contributed by atoms with Crippen LogP contribution in [0.15, 0.2) is 0 Å². The van der Waals surface area contributed by atoms with Crippen LogP contribution in [0, 0.1) is 5.92 Å². The SMILES string of the molecule is CC1CN(C(=O)N(C)C2COCC2C(=O)O)CCN1C. The monoisotopic (exact) mass is 285 g/mol. The molecule has 0 aliphatic carbocycles. The van der Waals surface area contributed by atoms with Gasteiger partial charge in [-0.1, -0.05) is 0 Å². The van der Waals surface area contributed by atoms with Crippen LogP contribution in [0.2, 0.25) is 0 Å². The number of aliphatic carboxylic acids is 1. The van der Waals surface area contributed by atoms with Crippen LogP contribution in [0.1, 0.15) is 6.92 Å². The molecule has 2 fully saturated rings. The van der Waals surface area contributed by atoms with Crippen LogP contribution in [0.25, 0.3) is 0 Å². The number of carboxylic acid groups (broad SMARTS) is 1. The molecule has 0 radical (unpaired) electrons. The van der Waals surface area contributed by atoms with Crippen LogP contribution in [-0.4, -0.2) is 90.8 Å². The van der Waals surface area contributed by atoms with Gasteiger partial charge in [0.15, 0.2) is 0 Å². The van der Waals surface area contributed by atoms with Crippen LogP contribution in [0.4, 0.5) is 4.79 Å². The maximum atomic E-state index is 12.5. The molecule has 0 spiro atoms. The van der Waals surface area contributed by atoms with Gasteiger partial charge < -0.3 is 24.5 Å². The first-order valence-electron chi connectivity index (χ1n) is 6.94. The summed E-state index contributed by atoms with van der Waals surface area (Å²) in [4.78, 5) is 29.2. The van der Waals surface area contributed by atoms with Crippen LogP contribution < -0.4 is 0 Å². The van der Waals surface area contributed by atoms with E-state index in [1.165, 1.54) is 4.90 Å². The molecule has 7 nitrogen and oxygen atoms in total. The summed E-state index contributed by atoms with van der Waals surface area (Å²) in [5.41, 5.74) is 0. The third-order valence-corrected chi connectivity index (χ3v) is 4.40. The summed E-state index contributed by atoms with van der Waals surface area (Å²) < 4.78 is 5.23. The molecule has 0 aromatic rings. The second-order valence-corrected chi connectivity index (χ2v) is 5.72. The number of carbonyl (C=O) groups is 2. The molecule has 0 aromatic carbocycles. The summed E-state index contributed by atoms with van der Waals surface area (Å²) in [5.74, 6) is -1.53. The van der Waals surface area contributed by atoms with Crippen molar-refractivity contribution < 1.29 is 19.4 Å². The second-order valence-electron chi connectivity index (χ2n) is 5.72. The van der Waals surface area contributed by atoms with Crippen molar-refractivity contribution in [3.05, 3.63) is 0 Å². The average molecular weight is 285 g/mol. The zero-order valence-corrected chi connectivity index (χ0v) is 12.3. The van der Waals surface area contributed by atoms with Gasteiger partial charge in [-0.25, -0.2) is 4.79 Å². The largest absolute Gasteiger partial charge is 0.481 e. The predicted octanol–water partition coefficient (Wildman–Crippen LogP) is -0.226. The Bertz CT molecular complexity index is 390. The van der Waals surface area contributed by atoms with Crippen molar-refractivity contribution in [3.63, 3.8) is 0 Å². The van der Waals surface area contributed by atoms with E-state index < -0.39 is 11.9 Å². The van der Waals surface area contributed by atoms with E-state index in [0.29, 0.717) is 25.7 Å². The number of nitrogens with zero attached hydrogens (tertiary/aromatic N) is 3.